The number of carboxylic acid groups (broad SMARTS) is 1. The third-order valence-corrected chi connectivity index (χ3v) is 7.57. The predicted octanol–water partition coefficient (Wildman–Crippen LogP) is 5.15. The Morgan fingerprint density at radius 3 is 2.80 bits per heavy atom. The zero-order valence-corrected chi connectivity index (χ0v) is 17.9. The fraction of sp³-hybridized carbons (Fsp3) is 0.520. The number of amides is 1. The number of aliphatic carboxylic acids is 1. The third kappa shape index (κ3) is 3.90. The number of nitrogens with one attached hydrogen (secondary N) is 2. The van der Waals surface area contributed by atoms with Crippen molar-refractivity contribution in [3.63, 3.8) is 0 Å². The van der Waals surface area contributed by atoms with E-state index in [1.54, 1.807) is 0 Å². The van der Waals surface area contributed by atoms with Crippen molar-refractivity contribution >= 4 is 22.8 Å². The smallest absolute Gasteiger partial charge is 0.303 e. The first-order chi connectivity index (χ1) is 14.4. The SMILES string of the molecule is CC1(C)[C@H]2C[C@H](C/C=C\CCCC(=O)O)[C@@H](NC(=O)c3c[nH]c4ccccc34)[C@@H]1C2. The van der Waals surface area contributed by atoms with Crippen LogP contribution >= 0.6 is 0 Å². The largest absolute Gasteiger partial charge is 0.481 e. The molecular weight excluding hydrogens is 376 g/mol. The van der Waals surface area contributed by atoms with Crippen LogP contribution < -0.4 is 5.32 Å². The summed E-state index contributed by atoms with van der Waals surface area (Å²) in [4.78, 5) is 27.0. The number of hydrogen-bond donors (Lipinski definition) is 3. The van der Waals surface area contributed by atoms with Crippen LogP contribution in [0.4, 0.5) is 0 Å². The second kappa shape index (κ2) is 8.29. The van der Waals surface area contributed by atoms with Crippen molar-refractivity contribution in [1.82, 2.24) is 10.3 Å². The molecule has 3 fully saturated rings. The fourth-order valence-corrected chi connectivity index (χ4v) is 5.62. The number of H-pyrrole nitrogens is 1. The van der Waals surface area contributed by atoms with Gasteiger partial charge in [0.15, 0.2) is 0 Å². The molecule has 1 aromatic heterocycles. The average molecular weight is 409 g/mol. The minimum Gasteiger partial charge on any atom is -0.481 e. The van der Waals surface area contributed by atoms with Crippen molar-refractivity contribution < 1.29 is 14.7 Å². The van der Waals surface area contributed by atoms with Gasteiger partial charge in [-0.2, -0.15) is 0 Å². The normalized spacial score (nSPS) is 27.1. The Labute approximate surface area is 177 Å². The topological polar surface area (TPSA) is 82.2 Å². The summed E-state index contributed by atoms with van der Waals surface area (Å²) >= 11 is 0. The summed E-state index contributed by atoms with van der Waals surface area (Å²) in [6, 6.07) is 8.09. The lowest BCUT2D eigenvalue weighted by Gasteiger charge is -2.62. The minimum atomic E-state index is -0.738. The maximum Gasteiger partial charge on any atom is 0.303 e. The van der Waals surface area contributed by atoms with Crippen LogP contribution in [0.5, 0.6) is 0 Å². The van der Waals surface area contributed by atoms with E-state index in [4.69, 9.17) is 5.11 Å². The Kier molecular flexibility index (Phi) is 5.72. The zero-order valence-electron chi connectivity index (χ0n) is 17.9. The van der Waals surface area contributed by atoms with Gasteiger partial charge in [0.25, 0.3) is 5.91 Å². The number of carbonyl (C=O) groups excluding carboxylic acids is 1. The Morgan fingerprint density at radius 2 is 2.03 bits per heavy atom. The molecule has 0 radical (unpaired) electrons. The third-order valence-electron chi connectivity index (χ3n) is 7.57. The second-order valence-corrected chi connectivity index (χ2v) is 9.60. The van der Waals surface area contributed by atoms with Gasteiger partial charge in [0.2, 0.25) is 0 Å². The Morgan fingerprint density at radius 1 is 1.23 bits per heavy atom. The van der Waals surface area contributed by atoms with Gasteiger partial charge in [-0.3, -0.25) is 9.59 Å². The highest BCUT2D eigenvalue weighted by Gasteiger charge is 2.57. The molecule has 1 aromatic carbocycles. The maximum absolute atomic E-state index is 13.2. The van der Waals surface area contributed by atoms with Gasteiger partial charge in [0.05, 0.1) is 5.56 Å². The molecule has 2 aromatic rings. The summed E-state index contributed by atoms with van der Waals surface area (Å²) < 4.78 is 0. The molecule has 1 amide bonds. The molecule has 4 atom stereocenters. The Hall–Kier alpha value is -2.56. The van der Waals surface area contributed by atoms with Gasteiger partial charge in [-0.15, -0.1) is 0 Å². The number of carbonyl (C=O) groups is 2. The van der Waals surface area contributed by atoms with Gasteiger partial charge < -0.3 is 15.4 Å². The van der Waals surface area contributed by atoms with E-state index >= 15 is 0 Å². The molecule has 3 aliphatic carbocycles. The Bertz CT molecular complexity index is 958. The quantitative estimate of drug-likeness (QED) is 0.417. The number of carboxylic acids is 1. The van der Waals surface area contributed by atoms with Gasteiger partial charge in [-0.25, -0.2) is 0 Å². The average Bonchev–Trinajstić information content (AvgIpc) is 3.15. The standard InChI is InChI=1S/C25H32N2O3/c1-25(2)17-13-16(9-5-3-4-6-12-22(28)29)23(20(25)14-17)27-24(30)19-15-26-21-11-8-7-10-18(19)21/h3,5,7-8,10-11,15-17,20,23,26H,4,6,9,12-14H2,1-2H3,(H,27,30)(H,28,29)/b5-3-/t16-,17-,20-,23+/m0/s1. The lowest BCUT2D eigenvalue weighted by Crippen LogP contribution is -2.63. The second-order valence-electron chi connectivity index (χ2n) is 9.60. The van der Waals surface area contributed by atoms with Crippen molar-refractivity contribution in [2.45, 2.75) is 58.4 Å². The van der Waals surface area contributed by atoms with Crippen LogP contribution in [-0.2, 0) is 4.79 Å². The minimum absolute atomic E-state index is 0.00837. The first-order valence-electron chi connectivity index (χ1n) is 11.1. The molecule has 1 heterocycles. The zero-order chi connectivity index (χ0) is 21.3. The number of para-hydroxylation sites is 1. The molecule has 3 aliphatic rings. The highest BCUT2D eigenvalue weighted by molar-refractivity contribution is 6.06. The molecule has 5 rings (SSSR count). The number of benzene rings is 1. The van der Waals surface area contributed by atoms with Crippen LogP contribution in [0, 0.1) is 23.2 Å². The van der Waals surface area contributed by atoms with E-state index in [0.29, 0.717) is 23.8 Å². The molecule has 5 heteroatoms. The van der Waals surface area contributed by atoms with E-state index in [-0.39, 0.29) is 23.8 Å². The molecule has 3 saturated carbocycles. The number of aromatic amines is 1. The van der Waals surface area contributed by atoms with Crippen LogP contribution in [0.15, 0.2) is 42.6 Å². The van der Waals surface area contributed by atoms with Gasteiger partial charge >= 0.3 is 5.97 Å². The van der Waals surface area contributed by atoms with Crippen molar-refractivity contribution in [1.29, 1.82) is 0 Å². The van der Waals surface area contributed by atoms with Crippen LogP contribution in [-0.4, -0.2) is 28.0 Å². The molecule has 160 valence electrons. The number of aromatic nitrogens is 1. The maximum atomic E-state index is 13.2. The summed E-state index contributed by atoms with van der Waals surface area (Å²) in [6.07, 6.45) is 11.1. The van der Waals surface area contributed by atoms with Crippen LogP contribution in [0.2, 0.25) is 0 Å². The van der Waals surface area contributed by atoms with Crippen molar-refractivity contribution in [3.8, 4) is 0 Å². The molecule has 5 nitrogen and oxygen atoms in total. The number of hydrogen-bond acceptors (Lipinski definition) is 2. The molecular formula is C25H32N2O3. The highest BCUT2D eigenvalue weighted by atomic mass is 16.4. The molecule has 0 saturated heterocycles. The predicted molar refractivity (Wildman–Crippen MR) is 118 cm³/mol. The monoisotopic (exact) mass is 408 g/mol. The van der Waals surface area contributed by atoms with Crippen molar-refractivity contribution in [2.75, 3.05) is 0 Å². The Balaban J connectivity index is 1.44. The molecule has 0 unspecified atom stereocenters. The van der Waals surface area contributed by atoms with E-state index in [1.807, 2.05) is 30.5 Å². The van der Waals surface area contributed by atoms with Gasteiger partial charge in [-0.1, -0.05) is 44.2 Å². The number of rotatable bonds is 8. The van der Waals surface area contributed by atoms with E-state index < -0.39 is 5.97 Å². The molecule has 3 N–H and O–H groups in total. The highest BCUT2D eigenvalue weighted by Crippen LogP contribution is 2.61. The van der Waals surface area contributed by atoms with Gasteiger partial charge in [-0.05, 0) is 61.3 Å². The molecule has 2 bridgehead atoms. The van der Waals surface area contributed by atoms with E-state index in [0.717, 1.165) is 36.1 Å². The van der Waals surface area contributed by atoms with Crippen LogP contribution in [0.25, 0.3) is 10.9 Å². The van der Waals surface area contributed by atoms with Crippen molar-refractivity contribution in [2.24, 2.45) is 23.2 Å². The van der Waals surface area contributed by atoms with Crippen LogP contribution in [0.1, 0.15) is 62.7 Å². The van der Waals surface area contributed by atoms with E-state index in [2.05, 4.69) is 36.3 Å². The van der Waals surface area contributed by atoms with E-state index in [9.17, 15) is 9.59 Å². The lowest BCUT2D eigenvalue weighted by molar-refractivity contribution is -0.137. The summed E-state index contributed by atoms with van der Waals surface area (Å²) in [5, 5.41) is 13.1. The van der Waals surface area contributed by atoms with E-state index in [1.165, 1.54) is 6.42 Å². The molecule has 0 spiro atoms. The number of unbranched alkanes of at least 4 members (excludes halogenated alkanes) is 1. The summed E-state index contributed by atoms with van der Waals surface area (Å²) in [7, 11) is 0. The number of fused-ring (bicyclic) bond motifs is 3. The number of allylic oxidation sites excluding steroid dienone is 2. The first kappa shape index (κ1) is 20.7. The summed E-state index contributed by atoms with van der Waals surface area (Å²) in [6.45, 7) is 4.68. The van der Waals surface area contributed by atoms with Gasteiger partial charge in [0, 0.05) is 29.6 Å². The lowest BCUT2D eigenvalue weighted by atomic mass is 9.44. The fourth-order valence-electron chi connectivity index (χ4n) is 5.62. The van der Waals surface area contributed by atoms with Gasteiger partial charge in [0.1, 0.15) is 0 Å². The molecule has 30 heavy (non-hydrogen) atoms. The summed E-state index contributed by atoms with van der Waals surface area (Å²) in [5.41, 5.74) is 1.98. The first-order valence-corrected chi connectivity index (χ1v) is 11.1. The van der Waals surface area contributed by atoms with Crippen molar-refractivity contribution in [3.05, 3.63) is 48.2 Å². The molecule has 0 aliphatic heterocycles. The summed E-state index contributed by atoms with van der Waals surface area (Å²) in [5.74, 6) is 0.948. The van der Waals surface area contributed by atoms with Crippen LogP contribution in [0.3, 0.4) is 0 Å².